The van der Waals surface area contributed by atoms with E-state index in [-0.39, 0.29) is 5.69 Å². The zero-order chi connectivity index (χ0) is 15.5. The van der Waals surface area contributed by atoms with Crippen LogP contribution in [-0.2, 0) is 28.7 Å². The second kappa shape index (κ2) is 6.12. The van der Waals surface area contributed by atoms with Crippen molar-refractivity contribution in [2.75, 3.05) is 7.11 Å². The number of aromatic nitrogens is 1. The van der Waals surface area contributed by atoms with E-state index in [1.165, 1.54) is 0 Å². The number of alkyl halides is 5. The maximum absolute atomic E-state index is 12.8. The summed E-state index contributed by atoms with van der Waals surface area (Å²) in [5.41, 5.74) is 1.44. The summed E-state index contributed by atoms with van der Waals surface area (Å²) in [6.07, 6.45) is -8.93. The molecule has 0 atom stereocenters. The molecule has 0 radical (unpaired) electrons. The van der Waals surface area contributed by atoms with Crippen molar-refractivity contribution in [3.05, 3.63) is 28.6 Å². The molecule has 0 aliphatic carbocycles. The van der Waals surface area contributed by atoms with Crippen molar-refractivity contribution in [3.63, 3.8) is 0 Å². The fourth-order valence-corrected chi connectivity index (χ4v) is 1.61. The zero-order valence-corrected chi connectivity index (χ0v) is 10.3. The Hall–Kier alpha value is -1.77. The molecule has 1 aromatic heterocycles. The van der Waals surface area contributed by atoms with E-state index in [9.17, 15) is 26.7 Å². The molecule has 0 spiro atoms. The lowest BCUT2D eigenvalue weighted by molar-refractivity contribution is -0.141. The van der Waals surface area contributed by atoms with Gasteiger partial charge in [0.25, 0.3) is 6.43 Å². The van der Waals surface area contributed by atoms with Crippen molar-refractivity contribution in [2.45, 2.75) is 25.6 Å². The van der Waals surface area contributed by atoms with E-state index in [0.717, 1.165) is 7.11 Å². The predicted octanol–water partition coefficient (Wildman–Crippen LogP) is 2.21. The van der Waals surface area contributed by atoms with E-state index in [2.05, 4.69) is 9.72 Å². The molecule has 9 heteroatoms. The van der Waals surface area contributed by atoms with Gasteiger partial charge in [-0.05, 0) is 6.07 Å². The van der Waals surface area contributed by atoms with Crippen LogP contribution in [0.4, 0.5) is 22.0 Å². The highest BCUT2D eigenvalue weighted by Crippen LogP contribution is 2.38. The Balaban J connectivity index is 3.44. The Bertz CT molecular complexity index is 502. The highest BCUT2D eigenvalue weighted by Gasteiger charge is 2.38. The lowest BCUT2D eigenvalue weighted by atomic mass is 10.0. The first-order valence-corrected chi connectivity index (χ1v) is 5.35. The SMILES string of the molecule is COC(=O)Cc1cc(C(F)(F)F)c(C(F)F)c(CN)n1. The van der Waals surface area contributed by atoms with Crippen LogP contribution < -0.4 is 5.73 Å². The Morgan fingerprint density at radius 1 is 1.45 bits per heavy atom. The van der Waals surface area contributed by atoms with Crippen LogP contribution in [-0.4, -0.2) is 18.1 Å². The van der Waals surface area contributed by atoms with Crippen molar-refractivity contribution >= 4 is 5.97 Å². The Kier molecular flexibility index (Phi) is 4.98. The number of esters is 1. The van der Waals surface area contributed by atoms with E-state index in [1.807, 2.05) is 0 Å². The third-order valence-corrected chi connectivity index (χ3v) is 2.46. The first-order chi connectivity index (χ1) is 9.20. The molecule has 1 rings (SSSR count). The highest BCUT2D eigenvalue weighted by molar-refractivity contribution is 5.72. The number of hydrogen-bond donors (Lipinski definition) is 1. The second-order valence-corrected chi connectivity index (χ2v) is 3.78. The van der Waals surface area contributed by atoms with Crippen molar-refractivity contribution in [2.24, 2.45) is 5.73 Å². The van der Waals surface area contributed by atoms with Crippen LogP contribution in [0.15, 0.2) is 6.07 Å². The van der Waals surface area contributed by atoms with Gasteiger partial charge in [0.15, 0.2) is 0 Å². The quantitative estimate of drug-likeness (QED) is 0.683. The molecule has 0 saturated carbocycles. The number of nitrogens with two attached hydrogens (primary N) is 1. The standard InChI is InChI=1S/C11H11F5N2O2/c1-20-8(19)3-5-2-6(11(14,15)16)9(10(12)13)7(4-17)18-5/h2,10H,3-4,17H2,1H3. The summed E-state index contributed by atoms with van der Waals surface area (Å²) in [7, 11) is 1.05. The number of hydrogen-bond acceptors (Lipinski definition) is 4. The van der Waals surface area contributed by atoms with Gasteiger partial charge in [0, 0.05) is 6.54 Å². The molecular formula is C11H11F5N2O2. The van der Waals surface area contributed by atoms with E-state index in [4.69, 9.17) is 5.73 Å². The first kappa shape index (κ1) is 16.3. The predicted molar refractivity (Wildman–Crippen MR) is 57.8 cm³/mol. The monoisotopic (exact) mass is 298 g/mol. The van der Waals surface area contributed by atoms with Crippen molar-refractivity contribution < 1.29 is 31.5 Å². The Morgan fingerprint density at radius 3 is 2.45 bits per heavy atom. The van der Waals surface area contributed by atoms with E-state index in [0.29, 0.717) is 6.07 Å². The lowest BCUT2D eigenvalue weighted by Gasteiger charge is -2.16. The van der Waals surface area contributed by atoms with Crippen LogP contribution in [0.3, 0.4) is 0 Å². The molecule has 0 bridgehead atoms. The minimum Gasteiger partial charge on any atom is -0.469 e. The van der Waals surface area contributed by atoms with Gasteiger partial charge < -0.3 is 10.5 Å². The first-order valence-electron chi connectivity index (χ1n) is 5.35. The topological polar surface area (TPSA) is 65.2 Å². The average molecular weight is 298 g/mol. The minimum atomic E-state index is -5.00. The molecule has 0 aliphatic rings. The number of methoxy groups -OCH3 is 1. The number of rotatable bonds is 4. The molecule has 1 aromatic rings. The van der Waals surface area contributed by atoms with Crippen LogP contribution in [0, 0.1) is 0 Å². The van der Waals surface area contributed by atoms with E-state index in [1.54, 1.807) is 0 Å². The summed E-state index contributed by atoms with van der Waals surface area (Å²) in [4.78, 5) is 14.6. The molecule has 4 nitrogen and oxygen atoms in total. The number of carbonyl (C=O) groups excluding carboxylic acids is 1. The maximum Gasteiger partial charge on any atom is 0.417 e. The van der Waals surface area contributed by atoms with Crippen molar-refractivity contribution in [1.29, 1.82) is 0 Å². The smallest absolute Gasteiger partial charge is 0.417 e. The van der Waals surface area contributed by atoms with Crippen LogP contribution in [0.1, 0.15) is 28.9 Å². The second-order valence-electron chi connectivity index (χ2n) is 3.78. The molecule has 1 heterocycles. The summed E-state index contributed by atoms with van der Waals surface area (Å²) >= 11 is 0. The largest absolute Gasteiger partial charge is 0.469 e. The van der Waals surface area contributed by atoms with Crippen LogP contribution in [0.2, 0.25) is 0 Å². The summed E-state index contributed by atoms with van der Waals surface area (Å²) in [5, 5.41) is 0. The van der Waals surface area contributed by atoms with Gasteiger partial charge >= 0.3 is 12.1 Å². The maximum atomic E-state index is 12.8. The summed E-state index contributed by atoms with van der Waals surface area (Å²) in [5.74, 6) is -0.835. The molecule has 0 unspecified atom stereocenters. The number of halogens is 5. The molecule has 0 fully saturated rings. The molecule has 0 aliphatic heterocycles. The normalized spacial score (nSPS) is 11.8. The van der Waals surface area contributed by atoms with Gasteiger partial charge in [-0.1, -0.05) is 0 Å². The van der Waals surface area contributed by atoms with Gasteiger partial charge in [0.1, 0.15) is 0 Å². The van der Waals surface area contributed by atoms with Gasteiger partial charge in [-0.25, -0.2) is 8.78 Å². The highest BCUT2D eigenvalue weighted by atomic mass is 19.4. The molecule has 0 aromatic carbocycles. The summed E-state index contributed by atoms with van der Waals surface area (Å²) < 4.78 is 68.3. The average Bonchev–Trinajstić information content (AvgIpc) is 2.36. The number of carbonyl (C=O) groups is 1. The molecule has 0 amide bonds. The van der Waals surface area contributed by atoms with Crippen LogP contribution >= 0.6 is 0 Å². The van der Waals surface area contributed by atoms with Crippen LogP contribution in [0.25, 0.3) is 0 Å². The molecule has 112 valence electrons. The van der Waals surface area contributed by atoms with Crippen molar-refractivity contribution in [1.82, 2.24) is 4.98 Å². The van der Waals surface area contributed by atoms with Gasteiger partial charge in [0.05, 0.1) is 36.0 Å². The van der Waals surface area contributed by atoms with E-state index >= 15 is 0 Å². The van der Waals surface area contributed by atoms with Crippen molar-refractivity contribution in [3.8, 4) is 0 Å². The van der Waals surface area contributed by atoms with Gasteiger partial charge in [-0.2, -0.15) is 13.2 Å². The molecule has 0 saturated heterocycles. The van der Waals surface area contributed by atoms with Gasteiger partial charge in [-0.3, -0.25) is 9.78 Å². The molecular weight excluding hydrogens is 287 g/mol. The zero-order valence-electron chi connectivity index (χ0n) is 10.3. The third-order valence-electron chi connectivity index (χ3n) is 2.46. The van der Waals surface area contributed by atoms with Crippen LogP contribution in [0.5, 0.6) is 0 Å². The molecule has 20 heavy (non-hydrogen) atoms. The Morgan fingerprint density at radius 2 is 2.05 bits per heavy atom. The van der Waals surface area contributed by atoms with E-state index < -0.39 is 48.4 Å². The number of nitrogens with zero attached hydrogens (tertiary/aromatic N) is 1. The number of ether oxygens (including phenoxy) is 1. The minimum absolute atomic E-state index is 0.325. The lowest BCUT2D eigenvalue weighted by Crippen LogP contribution is -2.18. The van der Waals surface area contributed by atoms with Gasteiger partial charge in [-0.15, -0.1) is 0 Å². The fraction of sp³-hybridized carbons (Fsp3) is 0.455. The van der Waals surface area contributed by atoms with Gasteiger partial charge in [0.2, 0.25) is 0 Å². The number of pyridine rings is 1. The molecule has 2 N–H and O–H groups in total. The third kappa shape index (κ3) is 3.62. The summed E-state index contributed by atoms with van der Waals surface area (Å²) in [6, 6.07) is 0.414. The fourth-order valence-electron chi connectivity index (χ4n) is 1.61. The Labute approximate surface area is 110 Å². The summed E-state index contributed by atoms with van der Waals surface area (Å²) in [6.45, 7) is -0.599.